The maximum Gasteiger partial charge on any atom is 0.244 e. The fourth-order valence-corrected chi connectivity index (χ4v) is 4.50. The lowest BCUT2D eigenvalue weighted by Gasteiger charge is -2.28. The lowest BCUT2D eigenvalue weighted by Crippen LogP contribution is -2.51. The third kappa shape index (κ3) is 3.51. The Hall–Kier alpha value is -0.210. The van der Waals surface area contributed by atoms with Crippen molar-refractivity contribution >= 4 is 38.4 Å². The zero-order valence-electron chi connectivity index (χ0n) is 10.7. The first-order valence-corrected chi connectivity index (χ1v) is 8.36. The lowest BCUT2D eigenvalue weighted by atomic mass is 10.0. The van der Waals surface area contributed by atoms with Gasteiger partial charge in [0.15, 0.2) is 5.82 Å². The van der Waals surface area contributed by atoms with E-state index in [1.54, 1.807) is 0 Å². The Morgan fingerprint density at radius 2 is 1.95 bits per heavy atom. The summed E-state index contributed by atoms with van der Waals surface area (Å²) < 4.78 is 41.2. The maximum absolute atomic E-state index is 13.9. The fraction of sp³-hybridized carbons (Fsp3) is 0.500. The summed E-state index contributed by atoms with van der Waals surface area (Å²) in [5.74, 6) is -0.778. The molecule has 1 aromatic rings. The van der Waals surface area contributed by atoms with Crippen molar-refractivity contribution in [3.63, 3.8) is 0 Å². The molecule has 1 aromatic carbocycles. The van der Waals surface area contributed by atoms with Crippen molar-refractivity contribution in [2.24, 2.45) is 5.73 Å². The number of rotatable bonds is 4. The van der Waals surface area contributed by atoms with Crippen LogP contribution in [0, 0.1) is 5.82 Å². The number of hydrogen-bond acceptors (Lipinski definition) is 3. The van der Waals surface area contributed by atoms with Crippen LogP contribution in [0.25, 0.3) is 0 Å². The normalized spacial score (nSPS) is 17.8. The number of benzene rings is 1. The molecule has 1 fully saturated rings. The minimum atomic E-state index is -3.90. The molecule has 1 aliphatic carbocycles. The van der Waals surface area contributed by atoms with Crippen molar-refractivity contribution in [2.45, 2.75) is 36.1 Å². The average Bonchev–Trinajstić information content (AvgIpc) is 2.81. The monoisotopic (exact) mass is 386 g/mol. The van der Waals surface area contributed by atoms with Crippen LogP contribution < -0.4 is 10.5 Å². The molecule has 114 valence electrons. The highest BCUT2D eigenvalue weighted by molar-refractivity contribution is 9.10. The summed E-state index contributed by atoms with van der Waals surface area (Å²) in [4.78, 5) is -0.346. The van der Waals surface area contributed by atoms with Crippen molar-refractivity contribution in [3.05, 3.63) is 28.5 Å². The highest BCUT2D eigenvalue weighted by Crippen LogP contribution is 2.31. The van der Waals surface area contributed by atoms with Crippen LogP contribution in [-0.2, 0) is 10.0 Å². The number of halogens is 3. The van der Waals surface area contributed by atoms with E-state index >= 15 is 0 Å². The van der Waals surface area contributed by atoms with E-state index in [0.717, 1.165) is 12.8 Å². The highest BCUT2D eigenvalue weighted by Gasteiger charge is 2.37. The summed E-state index contributed by atoms with van der Waals surface area (Å²) >= 11 is 2.99. The van der Waals surface area contributed by atoms with Gasteiger partial charge >= 0.3 is 0 Å². The molecule has 3 N–H and O–H groups in total. The van der Waals surface area contributed by atoms with Crippen LogP contribution in [0.4, 0.5) is 4.39 Å². The van der Waals surface area contributed by atoms with Gasteiger partial charge in [0, 0.05) is 12.1 Å². The van der Waals surface area contributed by atoms with Crippen molar-refractivity contribution in [1.29, 1.82) is 0 Å². The number of hydrogen-bond donors (Lipinski definition) is 2. The Morgan fingerprint density at radius 1 is 1.35 bits per heavy atom. The van der Waals surface area contributed by atoms with Crippen LogP contribution >= 0.6 is 28.3 Å². The summed E-state index contributed by atoms with van der Waals surface area (Å²) in [5.41, 5.74) is 5.06. The van der Waals surface area contributed by atoms with Crippen LogP contribution in [0.1, 0.15) is 25.7 Å². The molecule has 0 atom stereocenters. The van der Waals surface area contributed by atoms with Crippen LogP contribution in [-0.4, -0.2) is 20.5 Å². The van der Waals surface area contributed by atoms with Crippen LogP contribution in [0.15, 0.2) is 27.6 Å². The molecule has 0 heterocycles. The first-order valence-electron chi connectivity index (χ1n) is 6.08. The molecule has 0 aromatic heterocycles. The van der Waals surface area contributed by atoms with Gasteiger partial charge in [0.2, 0.25) is 10.0 Å². The molecule has 1 aliphatic rings. The SMILES string of the molecule is Cl.NCC1(NS(=O)(=O)c2cccc(Br)c2F)CCCC1. The smallest absolute Gasteiger partial charge is 0.244 e. The first kappa shape index (κ1) is 17.8. The largest absolute Gasteiger partial charge is 0.329 e. The third-order valence-electron chi connectivity index (χ3n) is 3.51. The van der Waals surface area contributed by atoms with Crippen molar-refractivity contribution < 1.29 is 12.8 Å². The fourth-order valence-electron chi connectivity index (χ4n) is 2.43. The molecular weight excluding hydrogens is 371 g/mol. The van der Waals surface area contributed by atoms with E-state index in [4.69, 9.17) is 5.73 Å². The van der Waals surface area contributed by atoms with E-state index in [0.29, 0.717) is 12.8 Å². The summed E-state index contributed by atoms with van der Waals surface area (Å²) in [6, 6.07) is 4.20. The Balaban J connectivity index is 0.00000200. The Kier molecular flexibility index (Phi) is 5.98. The lowest BCUT2D eigenvalue weighted by molar-refractivity contribution is 0.398. The van der Waals surface area contributed by atoms with E-state index in [1.807, 2.05) is 0 Å². The summed E-state index contributed by atoms with van der Waals surface area (Å²) in [6.07, 6.45) is 3.25. The topological polar surface area (TPSA) is 72.2 Å². The van der Waals surface area contributed by atoms with E-state index in [9.17, 15) is 12.8 Å². The summed E-state index contributed by atoms with van der Waals surface area (Å²) in [6.45, 7) is 0.224. The van der Waals surface area contributed by atoms with Crippen LogP contribution in [0.5, 0.6) is 0 Å². The predicted molar refractivity (Wildman–Crippen MR) is 81.9 cm³/mol. The van der Waals surface area contributed by atoms with Crippen molar-refractivity contribution in [3.8, 4) is 0 Å². The second-order valence-electron chi connectivity index (χ2n) is 4.85. The number of nitrogens with two attached hydrogens (primary N) is 1. The van der Waals surface area contributed by atoms with Gasteiger partial charge in [0.25, 0.3) is 0 Å². The van der Waals surface area contributed by atoms with Gasteiger partial charge in [-0.1, -0.05) is 18.9 Å². The van der Waals surface area contributed by atoms with Crippen molar-refractivity contribution in [1.82, 2.24) is 4.72 Å². The molecular formula is C12H17BrClFN2O2S. The quantitative estimate of drug-likeness (QED) is 0.834. The molecule has 20 heavy (non-hydrogen) atoms. The molecule has 0 amide bonds. The number of nitrogens with one attached hydrogen (secondary N) is 1. The zero-order valence-corrected chi connectivity index (χ0v) is 14.0. The molecule has 0 radical (unpaired) electrons. The van der Waals surface area contributed by atoms with Gasteiger partial charge in [-0.25, -0.2) is 17.5 Å². The van der Waals surface area contributed by atoms with E-state index < -0.39 is 21.4 Å². The van der Waals surface area contributed by atoms with Crippen LogP contribution in [0.3, 0.4) is 0 Å². The van der Waals surface area contributed by atoms with E-state index in [1.165, 1.54) is 18.2 Å². The predicted octanol–water partition coefficient (Wildman–Crippen LogP) is 2.56. The second-order valence-corrected chi connectivity index (χ2v) is 7.35. The van der Waals surface area contributed by atoms with Crippen LogP contribution in [0.2, 0.25) is 0 Å². The van der Waals surface area contributed by atoms with E-state index in [2.05, 4.69) is 20.7 Å². The van der Waals surface area contributed by atoms with Gasteiger partial charge in [-0.2, -0.15) is 0 Å². The molecule has 4 nitrogen and oxygen atoms in total. The summed E-state index contributed by atoms with van der Waals surface area (Å²) in [7, 11) is -3.90. The van der Waals surface area contributed by atoms with Gasteiger partial charge in [-0.05, 0) is 40.9 Å². The summed E-state index contributed by atoms with van der Waals surface area (Å²) in [5, 5.41) is 0. The van der Waals surface area contributed by atoms with Crippen molar-refractivity contribution in [2.75, 3.05) is 6.54 Å². The molecule has 0 spiro atoms. The highest BCUT2D eigenvalue weighted by atomic mass is 79.9. The third-order valence-corrected chi connectivity index (χ3v) is 5.72. The van der Waals surface area contributed by atoms with E-state index in [-0.39, 0.29) is 28.3 Å². The maximum atomic E-state index is 13.9. The first-order chi connectivity index (χ1) is 8.90. The second kappa shape index (κ2) is 6.70. The molecule has 8 heteroatoms. The zero-order chi connectivity index (χ0) is 14.1. The number of sulfonamides is 1. The van der Waals surface area contributed by atoms with Gasteiger partial charge in [-0.3, -0.25) is 0 Å². The standard InChI is InChI=1S/C12H16BrFN2O2S.ClH/c13-9-4-3-5-10(11(9)14)19(17,18)16-12(8-15)6-1-2-7-12;/h3-5,16H,1-2,6-8,15H2;1H. The molecule has 0 bridgehead atoms. The van der Waals surface area contributed by atoms with Gasteiger partial charge < -0.3 is 5.73 Å². The molecule has 1 saturated carbocycles. The average molecular weight is 388 g/mol. The van der Waals surface area contributed by atoms with Gasteiger partial charge in [0.05, 0.1) is 4.47 Å². The molecule has 0 aliphatic heterocycles. The Labute approximate surface area is 132 Å². The molecule has 2 rings (SSSR count). The minimum absolute atomic E-state index is 0. The van der Waals surface area contributed by atoms with Gasteiger partial charge in [-0.15, -0.1) is 12.4 Å². The molecule has 0 saturated heterocycles. The molecule has 0 unspecified atom stereocenters. The Morgan fingerprint density at radius 3 is 2.50 bits per heavy atom. The van der Waals surface area contributed by atoms with Gasteiger partial charge in [0.1, 0.15) is 4.90 Å². The minimum Gasteiger partial charge on any atom is -0.329 e. The Bertz CT molecular complexity index is 577.